The molecule has 1 aromatic heterocycles. The summed E-state index contributed by atoms with van der Waals surface area (Å²) in [7, 11) is 0. The van der Waals surface area contributed by atoms with Gasteiger partial charge in [0.25, 0.3) is 0 Å². The molecule has 4 nitrogen and oxygen atoms in total. The number of pyridine rings is 1. The number of carbonyl (C=O) groups excluding carboxylic acids is 1. The van der Waals surface area contributed by atoms with Gasteiger partial charge in [-0.05, 0) is 56.2 Å². The Hall–Kier alpha value is -2.07. The maximum absolute atomic E-state index is 13.0. The van der Waals surface area contributed by atoms with E-state index in [4.69, 9.17) is 11.6 Å². The highest BCUT2D eigenvalue weighted by molar-refractivity contribution is 6.30. The molecule has 0 bridgehead atoms. The predicted molar refractivity (Wildman–Crippen MR) is 97.2 cm³/mol. The zero-order valence-corrected chi connectivity index (χ0v) is 14.5. The number of halogens is 1. The Balaban J connectivity index is 1.81. The Morgan fingerprint density at radius 1 is 1.21 bits per heavy atom. The Kier molecular flexibility index (Phi) is 5.36. The highest BCUT2D eigenvalue weighted by Gasteiger charge is 2.31. The summed E-state index contributed by atoms with van der Waals surface area (Å²) in [4.78, 5) is 19.3. The first kappa shape index (κ1) is 16.8. The number of hydrogen-bond donors (Lipinski definition) is 1. The Bertz CT molecular complexity index is 669. The quantitative estimate of drug-likeness (QED) is 0.821. The molecule has 1 N–H and O–H groups in total. The van der Waals surface area contributed by atoms with Crippen molar-refractivity contribution >= 4 is 23.3 Å². The van der Waals surface area contributed by atoms with Crippen LogP contribution >= 0.6 is 11.6 Å². The van der Waals surface area contributed by atoms with Gasteiger partial charge >= 0.3 is 6.03 Å². The first-order valence-electron chi connectivity index (χ1n) is 8.41. The smallest absolute Gasteiger partial charge is 0.313 e. The van der Waals surface area contributed by atoms with Crippen LogP contribution in [-0.4, -0.2) is 22.0 Å². The normalized spacial score (nSPS) is 15.9. The van der Waals surface area contributed by atoms with Gasteiger partial charge in [-0.3, -0.25) is 4.98 Å². The van der Waals surface area contributed by atoms with E-state index in [9.17, 15) is 4.79 Å². The van der Waals surface area contributed by atoms with E-state index in [1.54, 1.807) is 18.3 Å². The van der Waals surface area contributed by atoms with Crippen molar-refractivity contribution in [1.29, 1.82) is 0 Å². The zero-order valence-electron chi connectivity index (χ0n) is 13.8. The third kappa shape index (κ3) is 3.88. The summed E-state index contributed by atoms with van der Waals surface area (Å²) < 4.78 is 0. The lowest BCUT2D eigenvalue weighted by Gasteiger charge is -2.34. The SMILES string of the molecule is CC(c1ccccn1)N(C(=O)Nc1ccc(Cl)cc1)C1CCCC1. The predicted octanol–water partition coefficient (Wildman–Crippen LogP) is 5.27. The number of anilines is 1. The van der Waals surface area contributed by atoms with Crippen molar-refractivity contribution in [2.75, 3.05) is 5.32 Å². The first-order valence-corrected chi connectivity index (χ1v) is 8.79. The van der Waals surface area contributed by atoms with Crippen molar-refractivity contribution in [1.82, 2.24) is 9.88 Å². The molecule has 24 heavy (non-hydrogen) atoms. The molecule has 126 valence electrons. The van der Waals surface area contributed by atoms with Crippen LogP contribution < -0.4 is 5.32 Å². The maximum atomic E-state index is 13.0. The van der Waals surface area contributed by atoms with Crippen LogP contribution in [0, 0.1) is 0 Å². The molecule has 1 aliphatic carbocycles. The second kappa shape index (κ2) is 7.67. The molecular formula is C19H22ClN3O. The van der Waals surface area contributed by atoms with E-state index >= 15 is 0 Å². The zero-order chi connectivity index (χ0) is 16.9. The highest BCUT2D eigenvalue weighted by Crippen LogP contribution is 2.31. The second-order valence-electron chi connectivity index (χ2n) is 6.21. The van der Waals surface area contributed by atoms with Crippen molar-refractivity contribution in [2.45, 2.75) is 44.7 Å². The number of aromatic nitrogens is 1. The monoisotopic (exact) mass is 343 g/mol. The van der Waals surface area contributed by atoms with Gasteiger partial charge in [0, 0.05) is 22.9 Å². The highest BCUT2D eigenvalue weighted by atomic mass is 35.5. The topological polar surface area (TPSA) is 45.2 Å². The number of benzene rings is 1. The van der Waals surface area contributed by atoms with E-state index in [2.05, 4.69) is 10.3 Å². The van der Waals surface area contributed by atoms with Crippen molar-refractivity contribution in [2.24, 2.45) is 0 Å². The van der Waals surface area contributed by atoms with Gasteiger partial charge in [-0.1, -0.05) is 30.5 Å². The maximum Gasteiger partial charge on any atom is 0.322 e. The van der Waals surface area contributed by atoms with E-state index in [0.717, 1.165) is 24.2 Å². The summed E-state index contributed by atoms with van der Waals surface area (Å²) in [5.74, 6) is 0. The molecule has 1 atom stereocenters. The standard InChI is InChI=1S/C19H22ClN3O/c1-14(18-8-4-5-13-21-18)23(17-6-2-3-7-17)19(24)22-16-11-9-15(20)10-12-16/h4-5,8-14,17H,2-3,6-7H2,1H3,(H,22,24). The molecule has 1 aliphatic rings. The molecule has 1 aromatic carbocycles. The average molecular weight is 344 g/mol. The molecule has 0 radical (unpaired) electrons. The third-order valence-corrected chi connectivity index (χ3v) is 4.83. The van der Waals surface area contributed by atoms with Gasteiger partial charge in [0.05, 0.1) is 11.7 Å². The number of urea groups is 1. The summed E-state index contributed by atoms with van der Waals surface area (Å²) in [6.45, 7) is 2.04. The summed E-state index contributed by atoms with van der Waals surface area (Å²) in [5, 5.41) is 3.65. The van der Waals surface area contributed by atoms with Crippen LogP contribution in [0.25, 0.3) is 0 Å². The van der Waals surface area contributed by atoms with Crippen LogP contribution in [0.5, 0.6) is 0 Å². The Labute approximate surface area is 147 Å². The molecule has 0 spiro atoms. The number of rotatable bonds is 4. The van der Waals surface area contributed by atoms with Gasteiger partial charge in [-0.25, -0.2) is 4.79 Å². The minimum Gasteiger partial charge on any atom is -0.313 e. The van der Waals surface area contributed by atoms with Crippen LogP contribution in [0.15, 0.2) is 48.7 Å². The van der Waals surface area contributed by atoms with Gasteiger partial charge < -0.3 is 10.2 Å². The van der Waals surface area contributed by atoms with Gasteiger partial charge in [0.15, 0.2) is 0 Å². The van der Waals surface area contributed by atoms with Crippen LogP contribution in [0.2, 0.25) is 5.02 Å². The summed E-state index contributed by atoms with van der Waals surface area (Å²) in [6, 6.07) is 13.1. The van der Waals surface area contributed by atoms with E-state index in [0.29, 0.717) is 5.02 Å². The molecular weight excluding hydrogens is 322 g/mol. The Morgan fingerprint density at radius 2 is 1.92 bits per heavy atom. The second-order valence-corrected chi connectivity index (χ2v) is 6.65. The van der Waals surface area contributed by atoms with E-state index in [1.165, 1.54) is 12.8 Å². The van der Waals surface area contributed by atoms with Crippen molar-refractivity contribution in [3.63, 3.8) is 0 Å². The molecule has 2 amide bonds. The molecule has 1 unspecified atom stereocenters. The van der Waals surface area contributed by atoms with Crippen molar-refractivity contribution in [3.8, 4) is 0 Å². The fourth-order valence-corrected chi connectivity index (χ4v) is 3.45. The van der Waals surface area contributed by atoms with Gasteiger partial charge in [-0.2, -0.15) is 0 Å². The molecule has 2 aromatic rings. The lowest BCUT2D eigenvalue weighted by molar-refractivity contribution is 0.161. The van der Waals surface area contributed by atoms with Crippen LogP contribution in [0.1, 0.15) is 44.3 Å². The fourth-order valence-electron chi connectivity index (χ4n) is 3.33. The van der Waals surface area contributed by atoms with Gasteiger partial charge in [0.2, 0.25) is 0 Å². The minimum absolute atomic E-state index is 0.0680. The number of carbonyl (C=O) groups is 1. The minimum atomic E-state index is -0.0811. The van der Waals surface area contributed by atoms with Gasteiger partial charge in [0.1, 0.15) is 0 Å². The molecule has 1 fully saturated rings. The van der Waals surface area contributed by atoms with Gasteiger partial charge in [-0.15, -0.1) is 0 Å². The summed E-state index contributed by atoms with van der Waals surface area (Å²) in [6.07, 6.45) is 6.21. The summed E-state index contributed by atoms with van der Waals surface area (Å²) >= 11 is 5.91. The van der Waals surface area contributed by atoms with Crippen molar-refractivity contribution in [3.05, 3.63) is 59.4 Å². The lowest BCUT2D eigenvalue weighted by atomic mass is 10.1. The van der Waals surface area contributed by atoms with Crippen molar-refractivity contribution < 1.29 is 4.79 Å². The summed E-state index contributed by atoms with van der Waals surface area (Å²) in [5.41, 5.74) is 1.66. The molecule has 1 heterocycles. The van der Waals surface area contributed by atoms with E-state index in [-0.39, 0.29) is 18.1 Å². The number of amides is 2. The van der Waals surface area contributed by atoms with E-state index < -0.39 is 0 Å². The third-order valence-electron chi connectivity index (χ3n) is 4.58. The fraction of sp³-hybridized carbons (Fsp3) is 0.368. The molecule has 3 rings (SSSR count). The van der Waals surface area contributed by atoms with Crippen LogP contribution in [-0.2, 0) is 0 Å². The Morgan fingerprint density at radius 3 is 2.54 bits per heavy atom. The first-order chi connectivity index (χ1) is 11.6. The van der Waals surface area contributed by atoms with Crippen LogP contribution in [0.3, 0.4) is 0 Å². The molecule has 1 saturated carbocycles. The van der Waals surface area contributed by atoms with Crippen LogP contribution in [0.4, 0.5) is 10.5 Å². The molecule has 0 aliphatic heterocycles. The number of nitrogens with one attached hydrogen (secondary N) is 1. The van der Waals surface area contributed by atoms with E-state index in [1.807, 2.05) is 42.2 Å². The number of nitrogens with zero attached hydrogens (tertiary/aromatic N) is 2. The molecule has 0 saturated heterocycles. The number of hydrogen-bond acceptors (Lipinski definition) is 2. The average Bonchev–Trinajstić information content (AvgIpc) is 3.12. The lowest BCUT2D eigenvalue weighted by Crippen LogP contribution is -2.43. The largest absolute Gasteiger partial charge is 0.322 e. The molecule has 5 heteroatoms.